The summed E-state index contributed by atoms with van der Waals surface area (Å²) in [6.45, 7) is 1.56. The van der Waals surface area contributed by atoms with Crippen LogP contribution in [0, 0.1) is 0 Å². The predicted molar refractivity (Wildman–Crippen MR) is 117 cm³/mol. The first-order chi connectivity index (χ1) is 14.0. The van der Waals surface area contributed by atoms with Crippen molar-refractivity contribution in [1.82, 2.24) is 14.6 Å². The molecule has 0 bridgehead atoms. The highest BCUT2D eigenvalue weighted by molar-refractivity contribution is 7.91. The number of fused-ring (bicyclic) bond motifs is 1. The van der Waals surface area contributed by atoms with Crippen LogP contribution < -0.4 is 5.32 Å². The molecule has 29 heavy (non-hydrogen) atoms. The lowest BCUT2D eigenvalue weighted by atomic mass is 10.2. The molecule has 2 aromatic heterocycles. The minimum atomic E-state index is -3.38. The molecule has 0 radical (unpaired) electrons. The van der Waals surface area contributed by atoms with Crippen molar-refractivity contribution in [2.45, 2.75) is 42.9 Å². The molecule has 3 aromatic rings. The van der Waals surface area contributed by atoms with E-state index in [1.165, 1.54) is 16.0 Å². The molecule has 154 valence electrons. The molecule has 9 heteroatoms. The van der Waals surface area contributed by atoms with Gasteiger partial charge in [-0.15, -0.1) is 22.7 Å². The molecule has 0 aliphatic carbocycles. The van der Waals surface area contributed by atoms with Gasteiger partial charge in [0.25, 0.3) is 10.0 Å². The Morgan fingerprint density at radius 1 is 1.10 bits per heavy atom. The number of aryl methyl sites for hydroxylation is 1. The fourth-order valence-electron chi connectivity index (χ4n) is 3.35. The molecule has 3 heterocycles. The molecule has 0 unspecified atom stereocenters. The van der Waals surface area contributed by atoms with Crippen molar-refractivity contribution in [3.63, 3.8) is 0 Å². The summed E-state index contributed by atoms with van der Waals surface area (Å²) < 4.78 is 28.2. The number of rotatable bonds is 8. The van der Waals surface area contributed by atoms with E-state index < -0.39 is 10.0 Å². The summed E-state index contributed by atoms with van der Waals surface area (Å²) in [7, 11) is -3.38. The summed E-state index contributed by atoms with van der Waals surface area (Å²) in [5.41, 5.74) is 1.01. The number of nitrogens with zero attached hydrogens (tertiary/aromatic N) is 2. The van der Waals surface area contributed by atoms with Crippen molar-refractivity contribution in [3.8, 4) is 0 Å². The maximum absolute atomic E-state index is 12.6. The van der Waals surface area contributed by atoms with E-state index in [0.717, 1.165) is 41.1 Å². The van der Waals surface area contributed by atoms with Gasteiger partial charge in [-0.3, -0.25) is 4.79 Å². The maximum Gasteiger partial charge on any atom is 0.252 e. The molecule has 1 saturated heterocycles. The number of nitrogens with one attached hydrogen (secondary N) is 1. The molecule has 1 fully saturated rings. The predicted octanol–water partition coefficient (Wildman–Crippen LogP) is 3.78. The lowest BCUT2D eigenvalue weighted by Crippen LogP contribution is -2.27. The van der Waals surface area contributed by atoms with Crippen LogP contribution in [0.1, 0.15) is 35.6 Å². The van der Waals surface area contributed by atoms with Gasteiger partial charge in [0, 0.05) is 24.4 Å². The second-order valence-electron chi connectivity index (χ2n) is 7.04. The first-order valence-corrected chi connectivity index (χ1v) is 12.8. The highest BCUT2D eigenvalue weighted by atomic mass is 32.2. The van der Waals surface area contributed by atoms with Crippen molar-refractivity contribution in [3.05, 3.63) is 46.3 Å². The smallest absolute Gasteiger partial charge is 0.252 e. The van der Waals surface area contributed by atoms with Crippen LogP contribution >= 0.6 is 22.7 Å². The Hall–Kier alpha value is -1.81. The first-order valence-electron chi connectivity index (χ1n) is 9.72. The summed E-state index contributed by atoms with van der Waals surface area (Å²) in [6.07, 6.45) is 3.80. The van der Waals surface area contributed by atoms with Gasteiger partial charge in [0.1, 0.15) is 4.21 Å². The van der Waals surface area contributed by atoms with Crippen molar-refractivity contribution in [2.24, 2.45) is 0 Å². The van der Waals surface area contributed by atoms with E-state index in [1.807, 2.05) is 18.2 Å². The Morgan fingerprint density at radius 2 is 1.90 bits per heavy atom. The molecule has 1 N–H and O–H groups in total. The van der Waals surface area contributed by atoms with Gasteiger partial charge < -0.3 is 5.32 Å². The zero-order chi connectivity index (χ0) is 20.3. The maximum atomic E-state index is 12.6. The highest BCUT2D eigenvalue weighted by Crippen LogP contribution is 2.27. The van der Waals surface area contributed by atoms with Crippen LogP contribution in [0.4, 0.5) is 0 Å². The van der Waals surface area contributed by atoms with Gasteiger partial charge in [-0.2, -0.15) is 4.31 Å². The quantitative estimate of drug-likeness (QED) is 0.568. The first kappa shape index (κ1) is 20.5. The number of carbonyl (C=O) groups excluding carboxylic acids is 1. The zero-order valence-corrected chi connectivity index (χ0v) is 18.4. The highest BCUT2D eigenvalue weighted by Gasteiger charge is 2.28. The molecular formula is C20H23N3O3S3. The number of carbonyl (C=O) groups is 1. The second kappa shape index (κ2) is 8.91. The number of para-hydroxylation sites is 1. The standard InChI is InChI=1S/C20H23N3O3S3/c24-18(8-5-9-19-22-16-6-1-2-7-17(16)28-19)21-14-15-10-11-20(27-15)29(25,26)23-12-3-4-13-23/h1-2,6-7,10-11H,3-5,8-9,12-14H2,(H,21,24). The normalized spacial score (nSPS) is 15.2. The largest absolute Gasteiger partial charge is 0.351 e. The van der Waals surface area contributed by atoms with Crippen molar-refractivity contribution in [1.29, 1.82) is 0 Å². The average Bonchev–Trinajstić information content (AvgIpc) is 3.46. The Balaban J connectivity index is 1.24. The van der Waals surface area contributed by atoms with Crippen LogP contribution in [-0.4, -0.2) is 36.7 Å². The van der Waals surface area contributed by atoms with E-state index in [-0.39, 0.29) is 5.91 Å². The molecular weight excluding hydrogens is 426 g/mol. The Morgan fingerprint density at radius 3 is 2.69 bits per heavy atom. The Kier molecular flexibility index (Phi) is 6.29. The number of benzene rings is 1. The Bertz CT molecular complexity index is 1070. The van der Waals surface area contributed by atoms with Gasteiger partial charge in [0.15, 0.2) is 0 Å². The number of thiophene rings is 1. The lowest BCUT2D eigenvalue weighted by molar-refractivity contribution is -0.121. The summed E-state index contributed by atoms with van der Waals surface area (Å²) in [5.74, 6) is -0.0246. The number of hydrogen-bond donors (Lipinski definition) is 1. The summed E-state index contributed by atoms with van der Waals surface area (Å²) in [5, 5.41) is 3.94. The fraction of sp³-hybridized carbons (Fsp3) is 0.400. The summed E-state index contributed by atoms with van der Waals surface area (Å²) in [6, 6.07) is 11.5. The van der Waals surface area contributed by atoms with Gasteiger partial charge >= 0.3 is 0 Å². The molecule has 0 atom stereocenters. The molecule has 1 amide bonds. The van der Waals surface area contributed by atoms with Crippen LogP contribution in [0.25, 0.3) is 10.2 Å². The van der Waals surface area contributed by atoms with Crippen LogP contribution in [-0.2, 0) is 27.8 Å². The van der Waals surface area contributed by atoms with Crippen LogP contribution in [0.2, 0.25) is 0 Å². The molecule has 4 rings (SSSR count). The Labute approximate surface area is 178 Å². The molecule has 1 aromatic carbocycles. The third kappa shape index (κ3) is 4.85. The van der Waals surface area contributed by atoms with E-state index in [2.05, 4.69) is 16.4 Å². The molecule has 0 saturated carbocycles. The molecule has 0 spiro atoms. The fourth-order valence-corrected chi connectivity index (χ4v) is 7.32. The monoisotopic (exact) mass is 449 g/mol. The third-order valence-corrected chi connectivity index (χ3v) is 9.44. The van der Waals surface area contributed by atoms with Crippen LogP contribution in [0.15, 0.2) is 40.6 Å². The number of hydrogen-bond acceptors (Lipinski definition) is 6. The van der Waals surface area contributed by atoms with Crippen molar-refractivity contribution < 1.29 is 13.2 Å². The summed E-state index contributed by atoms with van der Waals surface area (Å²) >= 11 is 2.91. The number of thiazole rings is 1. The lowest BCUT2D eigenvalue weighted by Gasteiger charge is -2.13. The second-order valence-corrected chi connectivity index (χ2v) is 11.5. The van der Waals surface area contributed by atoms with E-state index in [1.54, 1.807) is 27.8 Å². The van der Waals surface area contributed by atoms with E-state index in [9.17, 15) is 13.2 Å². The van der Waals surface area contributed by atoms with Crippen molar-refractivity contribution in [2.75, 3.05) is 13.1 Å². The molecule has 1 aliphatic rings. The van der Waals surface area contributed by atoms with Crippen LogP contribution in [0.5, 0.6) is 0 Å². The minimum Gasteiger partial charge on any atom is -0.351 e. The average molecular weight is 450 g/mol. The van der Waals surface area contributed by atoms with Crippen LogP contribution in [0.3, 0.4) is 0 Å². The summed E-state index contributed by atoms with van der Waals surface area (Å²) in [4.78, 5) is 17.6. The molecule has 6 nitrogen and oxygen atoms in total. The molecule has 1 aliphatic heterocycles. The van der Waals surface area contributed by atoms with Crippen molar-refractivity contribution >= 4 is 48.8 Å². The number of aromatic nitrogens is 1. The van der Waals surface area contributed by atoms with Gasteiger partial charge in [-0.1, -0.05) is 12.1 Å². The third-order valence-electron chi connectivity index (χ3n) is 4.89. The van der Waals surface area contributed by atoms with Gasteiger partial charge in [0.05, 0.1) is 21.8 Å². The van der Waals surface area contributed by atoms with Gasteiger partial charge in [0.2, 0.25) is 5.91 Å². The van der Waals surface area contributed by atoms with E-state index in [4.69, 9.17) is 0 Å². The van der Waals surface area contributed by atoms with E-state index >= 15 is 0 Å². The topological polar surface area (TPSA) is 79.4 Å². The SMILES string of the molecule is O=C(CCCc1nc2ccccc2s1)NCc1ccc(S(=O)(=O)N2CCCC2)s1. The number of amides is 1. The van der Waals surface area contributed by atoms with Gasteiger partial charge in [-0.05, 0) is 49.9 Å². The minimum absolute atomic E-state index is 0.0246. The number of sulfonamides is 1. The zero-order valence-electron chi connectivity index (χ0n) is 16.0. The van der Waals surface area contributed by atoms with E-state index in [0.29, 0.717) is 30.3 Å². The van der Waals surface area contributed by atoms with Gasteiger partial charge in [-0.25, -0.2) is 13.4 Å².